The maximum atomic E-state index is 12.5. The van der Waals surface area contributed by atoms with Crippen LogP contribution in [0.4, 0.5) is 5.95 Å². The Balaban J connectivity index is 1.47. The third-order valence-corrected chi connectivity index (χ3v) is 5.18. The van der Waals surface area contributed by atoms with Gasteiger partial charge in [0.15, 0.2) is 0 Å². The van der Waals surface area contributed by atoms with Crippen LogP contribution in [0.25, 0.3) is 0 Å². The topological polar surface area (TPSA) is 87.8 Å². The number of aromatic nitrogens is 2. The number of ether oxygens (including phenoxy) is 2. The van der Waals surface area contributed by atoms with Gasteiger partial charge in [-0.2, -0.15) is 0 Å². The highest BCUT2D eigenvalue weighted by Gasteiger charge is 2.34. The minimum Gasteiger partial charge on any atom is -0.378 e. The third kappa shape index (κ3) is 3.55. The summed E-state index contributed by atoms with van der Waals surface area (Å²) in [5.41, 5.74) is 0.628. The molecule has 0 aromatic carbocycles. The molecule has 4 rings (SSSR count). The fraction of sp³-hybridized carbons (Fsp3) is 0.706. The summed E-state index contributed by atoms with van der Waals surface area (Å²) in [6.07, 6.45) is 2.31. The quantitative estimate of drug-likeness (QED) is 0.834. The SMILES string of the molecule is O=C(C1CCCO1)N1CCC(c2cc(=O)[nH]c(N3CCOCC3)n2)C1. The summed E-state index contributed by atoms with van der Waals surface area (Å²) in [4.78, 5) is 36.0. The molecule has 0 saturated carbocycles. The molecule has 0 aliphatic carbocycles. The Bertz CT molecular complexity index is 679. The van der Waals surface area contributed by atoms with Crippen molar-refractivity contribution in [1.82, 2.24) is 14.9 Å². The fourth-order valence-electron chi connectivity index (χ4n) is 3.78. The second kappa shape index (κ2) is 7.13. The molecule has 1 aromatic heterocycles. The summed E-state index contributed by atoms with van der Waals surface area (Å²) in [7, 11) is 0. The molecule has 3 aliphatic heterocycles. The van der Waals surface area contributed by atoms with Crippen LogP contribution in [-0.2, 0) is 14.3 Å². The van der Waals surface area contributed by atoms with Gasteiger partial charge in [0.05, 0.1) is 18.9 Å². The van der Waals surface area contributed by atoms with Crippen LogP contribution in [0.3, 0.4) is 0 Å². The van der Waals surface area contributed by atoms with Gasteiger partial charge < -0.3 is 19.3 Å². The summed E-state index contributed by atoms with van der Waals surface area (Å²) in [6.45, 7) is 4.71. The Morgan fingerprint density at radius 1 is 1.20 bits per heavy atom. The van der Waals surface area contributed by atoms with Crippen LogP contribution in [0.2, 0.25) is 0 Å². The molecule has 25 heavy (non-hydrogen) atoms. The van der Waals surface area contributed by atoms with Gasteiger partial charge in [-0.1, -0.05) is 0 Å². The predicted octanol–water partition coefficient (Wildman–Crippen LogP) is 0.101. The number of amides is 1. The van der Waals surface area contributed by atoms with E-state index in [2.05, 4.69) is 9.97 Å². The zero-order valence-corrected chi connectivity index (χ0v) is 14.3. The molecular weight excluding hydrogens is 324 g/mol. The number of hydrogen-bond donors (Lipinski definition) is 1. The van der Waals surface area contributed by atoms with Gasteiger partial charge in [-0.25, -0.2) is 4.98 Å². The second-order valence-electron chi connectivity index (χ2n) is 6.86. The lowest BCUT2D eigenvalue weighted by Gasteiger charge is -2.27. The first kappa shape index (κ1) is 16.5. The minimum absolute atomic E-state index is 0.0817. The molecule has 0 radical (unpaired) electrons. The number of nitrogens with one attached hydrogen (secondary N) is 1. The number of rotatable bonds is 3. The highest BCUT2D eigenvalue weighted by molar-refractivity contribution is 5.81. The molecule has 8 nitrogen and oxygen atoms in total. The number of H-pyrrole nitrogens is 1. The standard InChI is InChI=1S/C17H24N4O4/c22-15-10-13(18-17(19-15)20-5-8-24-9-6-20)12-3-4-21(11-12)16(23)14-2-1-7-25-14/h10,12,14H,1-9,11H2,(H,18,19,22). The molecule has 2 atom stereocenters. The molecule has 3 saturated heterocycles. The smallest absolute Gasteiger partial charge is 0.252 e. The van der Waals surface area contributed by atoms with Crippen LogP contribution in [0, 0.1) is 0 Å². The number of morpholine rings is 1. The molecular formula is C17H24N4O4. The molecule has 3 fully saturated rings. The van der Waals surface area contributed by atoms with Crippen molar-refractivity contribution in [3.8, 4) is 0 Å². The van der Waals surface area contributed by atoms with Gasteiger partial charge in [0, 0.05) is 44.8 Å². The van der Waals surface area contributed by atoms with E-state index < -0.39 is 0 Å². The summed E-state index contributed by atoms with van der Waals surface area (Å²) in [5.74, 6) is 0.792. The molecule has 1 amide bonds. The van der Waals surface area contributed by atoms with Crippen molar-refractivity contribution in [3.63, 3.8) is 0 Å². The number of likely N-dealkylation sites (tertiary alicyclic amines) is 1. The van der Waals surface area contributed by atoms with Crippen LogP contribution in [-0.4, -0.2) is 72.9 Å². The third-order valence-electron chi connectivity index (χ3n) is 5.18. The average molecular weight is 348 g/mol. The highest BCUT2D eigenvalue weighted by atomic mass is 16.5. The first-order chi connectivity index (χ1) is 12.2. The van der Waals surface area contributed by atoms with E-state index >= 15 is 0 Å². The molecule has 8 heteroatoms. The van der Waals surface area contributed by atoms with E-state index in [0.717, 1.165) is 38.0 Å². The van der Waals surface area contributed by atoms with E-state index in [1.165, 1.54) is 0 Å². The van der Waals surface area contributed by atoms with Crippen molar-refractivity contribution in [2.75, 3.05) is 50.9 Å². The zero-order chi connectivity index (χ0) is 17.2. The normalized spacial score (nSPS) is 27.0. The lowest BCUT2D eigenvalue weighted by Crippen LogP contribution is -2.38. The van der Waals surface area contributed by atoms with E-state index in [0.29, 0.717) is 38.9 Å². The number of carbonyl (C=O) groups excluding carboxylic acids is 1. The maximum absolute atomic E-state index is 12.5. The summed E-state index contributed by atoms with van der Waals surface area (Å²) in [5, 5.41) is 0. The zero-order valence-electron chi connectivity index (χ0n) is 14.3. The van der Waals surface area contributed by atoms with Gasteiger partial charge in [0.1, 0.15) is 6.10 Å². The van der Waals surface area contributed by atoms with Crippen molar-refractivity contribution in [1.29, 1.82) is 0 Å². The van der Waals surface area contributed by atoms with Gasteiger partial charge in [0.25, 0.3) is 11.5 Å². The van der Waals surface area contributed by atoms with Crippen molar-refractivity contribution in [2.45, 2.75) is 31.3 Å². The first-order valence-corrected chi connectivity index (χ1v) is 9.05. The number of carbonyl (C=O) groups is 1. The number of nitrogens with zero attached hydrogens (tertiary/aromatic N) is 3. The lowest BCUT2D eigenvalue weighted by molar-refractivity contribution is -0.139. The van der Waals surface area contributed by atoms with Crippen LogP contribution in [0.15, 0.2) is 10.9 Å². The number of aromatic amines is 1. The average Bonchev–Trinajstić information content (AvgIpc) is 3.33. The lowest BCUT2D eigenvalue weighted by atomic mass is 10.0. The summed E-state index contributed by atoms with van der Waals surface area (Å²) in [6, 6.07) is 1.56. The van der Waals surface area contributed by atoms with Crippen molar-refractivity contribution in [2.24, 2.45) is 0 Å². The van der Waals surface area contributed by atoms with E-state index in [9.17, 15) is 9.59 Å². The van der Waals surface area contributed by atoms with Crippen molar-refractivity contribution >= 4 is 11.9 Å². The van der Waals surface area contributed by atoms with Crippen LogP contribution >= 0.6 is 0 Å². The Hall–Kier alpha value is -1.93. The summed E-state index contributed by atoms with van der Waals surface area (Å²) < 4.78 is 10.9. The van der Waals surface area contributed by atoms with E-state index in [1.807, 2.05) is 9.80 Å². The van der Waals surface area contributed by atoms with Gasteiger partial charge in [-0.3, -0.25) is 14.6 Å². The Morgan fingerprint density at radius 2 is 2.04 bits per heavy atom. The molecule has 136 valence electrons. The highest BCUT2D eigenvalue weighted by Crippen LogP contribution is 2.28. The van der Waals surface area contributed by atoms with Crippen molar-refractivity contribution in [3.05, 3.63) is 22.1 Å². The maximum Gasteiger partial charge on any atom is 0.252 e. The first-order valence-electron chi connectivity index (χ1n) is 9.05. The van der Waals surface area contributed by atoms with Crippen molar-refractivity contribution < 1.29 is 14.3 Å². The van der Waals surface area contributed by atoms with Gasteiger partial charge >= 0.3 is 0 Å². The Labute approximate surface area is 146 Å². The number of hydrogen-bond acceptors (Lipinski definition) is 6. The van der Waals surface area contributed by atoms with E-state index in [4.69, 9.17) is 9.47 Å². The Morgan fingerprint density at radius 3 is 2.80 bits per heavy atom. The molecule has 0 bridgehead atoms. The van der Waals surface area contributed by atoms with Crippen LogP contribution < -0.4 is 10.5 Å². The molecule has 3 aliphatic rings. The summed E-state index contributed by atoms with van der Waals surface area (Å²) >= 11 is 0. The largest absolute Gasteiger partial charge is 0.378 e. The molecule has 1 aromatic rings. The molecule has 0 spiro atoms. The van der Waals surface area contributed by atoms with Gasteiger partial charge in [-0.05, 0) is 19.3 Å². The van der Waals surface area contributed by atoms with Crippen LogP contribution in [0.1, 0.15) is 30.9 Å². The number of anilines is 1. The van der Waals surface area contributed by atoms with Gasteiger partial charge in [0.2, 0.25) is 5.95 Å². The Kier molecular flexibility index (Phi) is 4.72. The molecule has 1 N–H and O–H groups in total. The minimum atomic E-state index is -0.283. The monoisotopic (exact) mass is 348 g/mol. The second-order valence-corrected chi connectivity index (χ2v) is 6.86. The molecule has 2 unspecified atom stereocenters. The molecule has 4 heterocycles. The van der Waals surface area contributed by atoms with Crippen LogP contribution in [0.5, 0.6) is 0 Å². The van der Waals surface area contributed by atoms with E-state index in [-0.39, 0.29) is 23.5 Å². The fourth-order valence-corrected chi connectivity index (χ4v) is 3.78. The predicted molar refractivity (Wildman–Crippen MR) is 90.8 cm³/mol. The van der Waals surface area contributed by atoms with Gasteiger partial charge in [-0.15, -0.1) is 0 Å². The van der Waals surface area contributed by atoms with E-state index in [1.54, 1.807) is 6.07 Å².